The van der Waals surface area contributed by atoms with Crippen LogP contribution in [0.25, 0.3) is 27.8 Å². The van der Waals surface area contributed by atoms with Crippen LogP contribution in [-0.4, -0.2) is 37.0 Å². The van der Waals surface area contributed by atoms with Gasteiger partial charge in [0.05, 0.1) is 24.0 Å². The monoisotopic (exact) mass is 365 g/mol. The molecule has 1 N–H and O–H groups in total. The molecule has 0 atom stereocenters. The summed E-state index contributed by atoms with van der Waals surface area (Å²) in [5.41, 5.74) is 3.08. The zero-order valence-electron chi connectivity index (χ0n) is 15.3. The van der Waals surface area contributed by atoms with E-state index in [-0.39, 0.29) is 23.4 Å². The van der Waals surface area contributed by atoms with Gasteiger partial charge in [-0.05, 0) is 32.9 Å². The molecule has 4 aromatic rings. The van der Waals surface area contributed by atoms with Crippen LogP contribution in [0.15, 0.2) is 35.3 Å². The maximum atomic E-state index is 12.6. The second kappa shape index (κ2) is 6.39. The van der Waals surface area contributed by atoms with Gasteiger partial charge in [0.2, 0.25) is 0 Å². The maximum absolute atomic E-state index is 12.6. The van der Waals surface area contributed by atoms with Gasteiger partial charge in [-0.25, -0.2) is 14.3 Å². The van der Waals surface area contributed by atoms with E-state index in [4.69, 9.17) is 4.74 Å². The molecule has 1 aromatic carbocycles. The SMILES string of the molecule is CCOC(=O)c1c(C)[nH]n2c(=O)cc(-c3ccc4c(cnn4CC)c3)nc12. The number of aromatic nitrogens is 5. The molecule has 0 fully saturated rings. The van der Waals surface area contributed by atoms with Crippen LogP contribution in [0.3, 0.4) is 0 Å². The molecular weight excluding hydrogens is 346 g/mol. The lowest BCUT2D eigenvalue weighted by atomic mass is 10.1. The van der Waals surface area contributed by atoms with Crippen LogP contribution in [0.4, 0.5) is 0 Å². The summed E-state index contributed by atoms with van der Waals surface area (Å²) in [5.74, 6) is -0.502. The second-order valence-corrected chi connectivity index (χ2v) is 6.20. The third-order valence-electron chi connectivity index (χ3n) is 4.51. The zero-order valence-corrected chi connectivity index (χ0v) is 15.3. The van der Waals surface area contributed by atoms with Gasteiger partial charge >= 0.3 is 5.97 Å². The lowest BCUT2D eigenvalue weighted by Gasteiger charge is -2.04. The van der Waals surface area contributed by atoms with Gasteiger partial charge in [0.15, 0.2) is 5.65 Å². The molecule has 0 aliphatic carbocycles. The molecule has 8 nitrogen and oxygen atoms in total. The van der Waals surface area contributed by atoms with Gasteiger partial charge in [-0.1, -0.05) is 6.07 Å². The first-order valence-corrected chi connectivity index (χ1v) is 8.79. The van der Waals surface area contributed by atoms with Gasteiger partial charge in [0.1, 0.15) is 5.56 Å². The van der Waals surface area contributed by atoms with Crippen molar-refractivity contribution in [2.75, 3.05) is 6.61 Å². The molecule has 0 amide bonds. The van der Waals surface area contributed by atoms with Gasteiger partial charge in [-0.15, -0.1) is 0 Å². The number of aryl methyl sites for hydroxylation is 2. The molecule has 0 aliphatic rings. The van der Waals surface area contributed by atoms with Crippen LogP contribution < -0.4 is 5.56 Å². The minimum absolute atomic E-state index is 0.248. The first-order valence-electron chi connectivity index (χ1n) is 8.79. The third-order valence-corrected chi connectivity index (χ3v) is 4.51. The quantitative estimate of drug-likeness (QED) is 0.561. The highest BCUT2D eigenvalue weighted by Gasteiger charge is 2.20. The number of hydrogen-bond donors (Lipinski definition) is 1. The van der Waals surface area contributed by atoms with Crippen LogP contribution in [0.5, 0.6) is 0 Å². The zero-order chi connectivity index (χ0) is 19.1. The normalized spacial score (nSPS) is 11.4. The van der Waals surface area contributed by atoms with Crippen LogP contribution >= 0.6 is 0 Å². The van der Waals surface area contributed by atoms with Gasteiger partial charge in [-0.2, -0.15) is 5.10 Å². The standard InChI is InChI=1S/C19H19N5O3/c1-4-23-15-7-6-12(8-13(15)10-20-23)14-9-16(25)24-18(21-14)17(11(3)22-24)19(26)27-5-2/h6-10,22H,4-5H2,1-3H3. The summed E-state index contributed by atoms with van der Waals surface area (Å²) in [4.78, 5) is 29.4. The molecule has 138 valence electrons. The molecule has 8 heteroatoms. The van der Waals surface area contributed by atoms with Crippen LogP contribution in [0.1, 0.15) is 29.9 Å². The first kappa shape index (κ1) is 17.0. The number of hydrogen-bond acceptors (Lipinski definition) is 5. The van der Waals surface area contributed by atoms with E-state index >= 15 is 0 Å². The molecule has 0 radical (unpaired) electrons. The Balaban J connectivity index is 1.91. The van der Waals surface area contributed by atoms with Crippen molar-refractivity contribution in [2.45, 2.75) is 27.3 Å². The topological polar surface area (TPSA) is 94.3 Å². The van der Waals surface area contributed by atoms with Gasteiger partial charge in [0.25, 0.3) is 5.56 Å². The predicted molar refractivity (Wildman–Crippen MR) is 101 cm³/mol. The summed E-state index contributed by atoms with van der Waals surface area (Å²) in [6.07, 6.45) is 1.79. The summed E-state index contributed by atoms with van der Waals surface area (Å²) >= 11 is 0. The van der Waals surface area contributed by atoms with Crippen molar-refractivity contribution >= 4 is 22.5 Å². The number of H-pyrrole nitrogens is 1. The van der Waals surface area contributed by atoms with Crippen molar-refractivity contribution < 1.29 is 9.53 Å². The average Bonchev–Trinajstić information content (AvgIpc) is 3.21. The Morgan fingerprint density at radius 1 is 1.26 bits per heavy atom. The Bertz CT molecular complexity index is 1230. The molecule has 0 bridgehead atoms. The number of carbonyl (C=O) groups excluding carboxylic acids is 1. The van der Waals surface area contributed by atoms with E-state index in [1.807, 2.05) is 29.8 Å². The van der Waals surface area contributed by atoms with Crippen LogP contribution in [0.2, 0.25) is 0 Å². The molecule has 3 aromatic heterocycles. The summed E-state index contributed by atoms with van der Waals surface area (Å²) in [6.45, 7) is 6.50. The lowest BCUT2D eigenvalue weighted by molar-refractivity contribution is 0.0527. The highest BCUT2D eigenvalue weighted by Crippen LogP contribution is 2.24. The Labute approximate surface area is 154 Å². The number of benzene rings is 1. The molecular formula is C19H19N5O3. The van der Waals surface area contributed by atoms with Crippen molar-refractivity contribution in [2.24, 2.45) is 0 Å². The smallest absolute Gasteiger partial charge is 0.343 e. The molecule has 0 saturated carbocycles. The van der Waals surface area contributed by atoms with Gasteiger partial charge in [0, 0.05) is 29.3 Å². The minimum atomic E-state index is -0.502. The van der Waals surface area contributed by atoms with Crippen molar-refractivity contribution in [1.29, 1.82) is 0 Å². The summed E-state index contributed by atoms with van der Waals surface area (Å²) in [5, 5.41) is 8.19. The average molecular weight is 365 g/mol. The first-order chi connectivity index (χ1) is 13.0. The number of ether oxygens (including phenoxy) is 1. The number of rotatable bonds is 4. The number of fused-ring (bicyclic) bond motifs is 2. The Morgan fingerprint density at radius 2 is 2.07 bits per heavy atom. The van der Waals surface area contributed by atoms with E-state index in [2.05, 4.69) is 15.2 Å². The molecule has 3 heterocycles. The fraction of sp³-hybridized carbons (Fsp3) is 0.263. The van der Waals surface area contributed by atoms with Gasteiger partial charge in [-0.3, -0.25) is 14.6 Å². The Morgan fingerprint density at radius 3 is 2.81 bits per heavy atom. The molecule has 4 rings (SSSR count). The van der Waals surface area contributed by atoms with E-state index in [1.54, 1.807) is 20.0 Å². The lowest BCUT2D eigenvalue weighted by Crippen LogP contribution is -2.15. The molecule has 0 aliphatic heterocycles. The van der Waals surface area contributed by atoms with E-state index < -0.39 is 5.97 Å². The molecule has 0 unspecified atom stereocenters. The van der Waals surface area contributed by atoms with E-state index in [0.717, 1.165) is 23.0 Å². The fourth-order valence-electron chi connectivity index (χ4n) is 3.24. The van der Waals surface area contributed by atoms with E-state index in [9.17, 15) is 9.59 Å². The number of carbonyl (C=O) groups is 1. The Kier molecular flexibility index (Phi) is 4.02. The minimum Gasteiger partial charge on any atom is -0.462 e. The predicted octanol–water partition coefficient (Wildman–Crippen LogP) is 2.54. The second-order valence-electron chi connectivity index (χ2n) is 6.20. The largest absolute Gasteiger partial charge is 0.462 e. The third kappa shape index (κ3) is 2.69. The van der Waals surface area contributed by atoms with Crippen molar-refractivity contribution in [3.8, 4) is 11.3 Å². The molecule has 27 heavy (non-hydrogen) atoms. The fourth-order valence-corrected chi connectivity index (χ4v) is 3.24. The highest BCUT2D eigenvalue weighted by molar-refractivity contribution is 5.97. The number of aromatic amines is 1. The molecule has 0 saturated heterocycles. The van der Waals surface area contributed by atoms with Crippen molar-refractivity contribution in [3.63, 3.8) is 0 Å². The van der Waals surface area contributed by atoms with Gasteiger partial charge < -0.3 is 4.74 Å². The summed E-state index contributed by atoms with van der Waals surface area (Å²) in [7, 11) is 0. The van der Waals surface area contributed by atoms with E-state index in [0.29, 0.717) is 11.4 Å². The summed E-state index contributed by atoms with van der Waals surface area (Å²) in [6, 6.07) is 7.25. The van der Waals surface area contributed by atoms with Crippen molar-refractivity contribution in [1.82, 2.24) is 24.4 Å². The van der Waals surface area contributed by atoms with Crippen molar-refractivity contribution in [3.05, 3.63) is 52.1 Å². The Hall–Kier alpha value is -3.42. The number of nitrogens with one attached hydrogen (secondary N) is 1. The molecule has 0 spiro atoms. The van der Waals surface area contributed by atoms with Crippen LogP contribution in [-0.2, 0) is 11.3 Å². The maximum Gasteiger partial charge on any atom is 0.343 e. The highest BCUT2D eigenvalue weighted by atomic mass is 16.5. The summed E-state index contributed by atoms with van der Waals surface area (Å²) < 4.78 is 8.27. The number of nitrogens with zero attached hydrogens (tertiary/aromatic N) is 4. The van der Waals surface area contributed by atoms with Crippen LogP contribution in [0, 0.1) is 6.92 Å². The van der Waals surface area contributed by atoms with E-state index in [1.165, 1.54) is 10.6 Å². The number of esters is 1.